The van der Waals surface area contributed by atoms with E-state index in [0.717, 1.165) is 38.4 Å². The summed E-state index contributed by atoms with van der Waals surface area (Å²) in [6, 6.07) is 17.4. The van der Waals surface area contributed by atoms with Crippen molar-refractivity contribution >= 4 is 5.91 Å². The maximum atomic E-state index is 12.9. The Morgan fingerprint density at radius 1 is 1.12 bits per heavy atom. The molecule has 5 nitrogen and oxygen atoms in total. The molecule has 1 amide bonds. The van der Waals surface area contributed by atoms with Crippen molar-refractivity contribution < 1.29 is 14.3 Å². The van der Waals surface area contributed by atoms with E-state index in [1.54, 1.807) is 6.07 Å². The van der Waals surface area contributed by atoms with Crippen LogP contribution in [0.15, 0.2) is 54.6 Å². The molecule has 0 bridgehead atoms. The number of para-hydroxylation sites is 1. The third kappa shape index (κ3) is 4.84. The van der Waals surface area contributed by atoms with E-state index in [1.807, 2.05) is 43.3 Å². The largest absolute Gasteiger partial charge is 0.493 e. The lowest BCUT2D eigenvalue weighted by Gasteiger charge is -2.31. The zero-order chi connectivity index (χ0) is 18.2. The van der Waals surface area contributed by atoms with Gasteiger partial charge in [-0.2, -0.15) is 0 Å². The number of nitrogens with one attached hydrogen (secondary N) is 1. The van der Waals surface area contributed by atoms with E-state index in [2.05, 4.69) is 22.3 Å². The van der Waals surface area contributed by atoms with E-state index in [-0.39, 0.29) is 11.9 Å². The van der Waals surface area contributed by atoms with Crippen molar-refractivity contribution in [2.45, 2.75) is 13.0 Å². The number of rotatable bonds is 7. The maximum absolute atomic E-state index is 12.9. The predicted octanol–water partition coefficient (Wildman–Crippen LogP) is 2.89. The van der Waals surface area contributed by atoms with Gasteiger partial charge in [0.05, 0.1) is 31.4 Å². The molecule has 1 fully saturated rings. The summed E-state index contributed by atoms with van der Waals surface area (Å²) in [6.45, 7) is 6.45. The number of ether oxygens (including phenoxy) is 2. The topological polar surface area (TPSA) is 50.8 Å². The number of benzene rings is 2. The quantitative estimate of drug-likeness (QED) is 0.831. The van der Waals surface area contributed by atoms with Gasteiger partial charge in [-0.1, -0.05) is 42.5 Å². The van der Waals surface area contributed by atoms with Gasteiger partial charge >= 0.3 is 0 Å². The molecule has 1 heterocycles. The predicted molar refractivity (Wildman–Crippen MR) is 102 cm³/mol. The van der Waals surface area contributed by atoms with Crippen LogP contribution in [0, 0.1) is 0 Å². The lowest BCUT2D eigenvalue weighted by molar-refractivity contribution is 0.0332. The molecule has 0 radical (unpaired) electrons. The molecule has 1 aliphatic heterocycles. The second-order valence-electron chi connectivity index (χ2n) is 6.28. The zero-order valence-corrected chi connectivity index (χ0v) is 15.2. The molecule has 0 spiro atoms. The number of hydrogen-bond acceptors (Lipinski definition) is 4. The molecule has 138 valence electrons. The van der Waals surface area contributed by atoms with Crippen LogP contribution in [0.5, 0.6) is 5.75 Å². The highest BCUT2D eigenvalue weighted by Gasteiger charge is 2.22. The molecule has 0 aromatic heterocycles. The summed E-state index contributed by atoms with van der Waals surface area (Å²) in [5, 5.41) is 3.19. The Hall–Kier alpha value is -2.37. The summed E-state index contributed by atoms with van der Waals surface area (Å²) >= 11 is 0. The Morgan fingerprint density at radius 3 is 2.54 bits per heavy atom. The van der Waals surface area contributed by atoms with E-state index in [9.17, 15) is 4.79 Å². The van der Waals surface area contributed by atoms with E-state index >= 15 is 0 Å². The van der Waals surface area contributed by atoms with Crippen LogP contribution in [0.3, 0.4) is 0 Å². The fourth-order valence-corrected chi connectivity index (χ4v) is 3.13. The third-order valence-corrected chi connectivity index (χ3v) is 4.48. The average molecular weight is 354 g/mol. The number of hydrogen-bond donors (Lipinski definition) is 1. The summed E-state index contributed by atoms with van der Waals surface area (Å²) in [7, 11) is 0. The molecule has 1 aliphatic rings. The lowest BCUT2D eigenvalue weighted by Crippen LogP contribution is -2.43. The summed E-state index contributed by atoms with van der Waals surface area (Å²) in [5.41, 5.74) is 1.67. The fraction of sp³-hybridized carbons (Fsp3) is 0.381. The maximum Gasteiger partial charge on any atom is 0.255 e. The molecule has 0 saturated carbocycles. The number of carbonyl (C=O) groups excluding carboxylic acids is 1. The Balaban J connectivity index is 1.77. The minimum atomic E-state index is -0.115. The van der Waals surface area contributed by atoms with Crippen LogP contribution < -0.4 is 10.1 Å². The SMILES string of the molecule is CCOc1ccccc1C(=O)NC(CN1CCOCC1)c1ccccc1. The molecular formula is C21H26N2O3. The van der Waals surface area contributed by atoms with Gasteiger partial charge in [-0.3, -0.25) is 9.69 Å². The van der Waals surface area contributed by atoms with Crippen LogP contribution in [0.1, 0.15) is 28.9 Å². The molecule has 26 heavy (non-hydrogen) atoms. The lowest BCUT2D eigenvalue weighted by atomic mass is 10.0. The van der Waals surface area contributed by atoms with Gasteiger partial charge in [0.25, 0.3) is 5.91 Å². The van der Waals surface area contributed by atoms with Gasteiger partial charge in [0.15, 0.2) is 0 Å². The third-order valence-electron chi connectivity index (χ3n) is 4.48. The van der Waals surface area contributed by atoms with Gasteiger partial charge in [0.2, 0.25) is 0 Å². The molecule has 2 aromatic carbocycles. The molecule has 2 aromatic rings. The first-order valence-electron chi connectivity index (χ1n) is 9.15. The Bertz CT molecular complexity index is 699. The van der Waals surface area contributed by atoms with Gasteiger partial charge in [0.1, 0.15) is 5.75 Å². The monoisotopic (exact) mass is 354 g/mol. The molecule has 5 heteroatoms. The van der Waals surface area contributed by atoms with Crippen molar-refractivity contribution in [2.75, 3.05) is 39.5 Å². The van der Waals surface area contributed by atoms with E-state index in [1.165, 1.54) is 0 Å². The second kappa shape index (κ2) is 9.36. The molecule has 1 saturated heterocycles. The molecular weight excluding hydrogens is 328 g/mol. The first kappa shape index (κ1) is 18.4. The summed E-state index contributed by atoms with van der Waals surface area (Å²) < 4.78 is 11.0. The van der Waals surface area contributed by atoms with Crippen molar-refractivity contribution in [3.05, 3.63) is 65.7 Å². The summed E-state index contributed by atoms with van der Waals surface area (Å²) in [6.07, 6.45) is 0. The molecule has 1 N–H and O–H groups in total. The van der Waals surface area contributed by atoms with Crippen LogP contribution >= 0.6 is 0 Å². The van der Waals surface area contributed by atoms with Crippen molar-refractivity contribution in [2.24, 2.45) is 0 Å². The highest BCUT2D eigenvalue weighted by molar-refractivity contribution is 5.97. The highest BCUT2D eigenvalue weighted by Crippen LogP contribution is 2.21. The van der Waals surface area contributed by atoms with Crippen molar-refractivity contribution in [3.63, 3.8) is 0 Å². The van der Waals surface area contributed by atoms with Gasteiger partial charge < -0.3 is 14.8 Å². The van der Waals surface area contributed by atoms with E-state index < -0.39 is 0 Å². The standard InChI is InChI=1S/C21H26N2O3/c1-2-26-20-11-7-6-10-18(20)21(24)22-19(17-8-4-3-5-9-17)16-23-12-14-25-15-13-23/h3-11,19H,2,12-16H2,1H3,(H,22,24). The minimum Gasteiger partial charge on any atom is -0.493 e. The molecule has 0 aliphatic carbocycles. The fourth-order valence-electron chi connectivity index (χ4n) is 3.13. The number of amides is 1. The van der Waals surface area contributed by atoms with Crippen molar-refractivity contribution in [1.29, 1.82) is 0 Å². The van der Waals surface area contributed by atoms with Crippen molar-refractivity contribution in [1.82, 2.24) is 10.2 Å². The zero-order valence-electron chi connectivity index (χ0n) is 15.2. The summed E-state index contributed by atoms with van der Waals surface area (Å²) in [5.74, 6) is 0.502. The van der Waals surface area contributed by atoms with Gasteiger partial charge in [-0.05, 0) is 24.6 Å². The number of morpholine rings is 1. The highest BCUT2D eigenvalue weighted by atomic mass is 16.5. The molecule has 3 rings (SSSR count). The van der Waals surface area contributed by atoms with Crippen LogP contribution in [0.4, 0.5) is 0 Å². The molecule has 1 atom stereocenters. The number of carbonyl (C=O) groups is 1. The van der Waals surface area contributed by atoms with Crippen molar-refractivity contribution in [3.8, 4) is 5.75 Å². The first-order chi connectivity index (χ1) is 12.8. The van der Waals surface area contributed by atoms with Crippen LogP contribution in [0.25, 0.3) is 0 Å². The van der Waals surface area contributed by atoms with Crippen LogP contribution in [0.2, 0.25) is 0 Å². The average Bonchev–Trinajstić information content (AvgIpc) is 2.69. The van der Waals surface area contributed by atoms with Crippen LogP contribution in [-0.2, 0) is 4.74 Å². The second-order valence-corrected chi connectivity index (χ2v) is 6.28. The molecule has 1 unspecified atom stereocenters. The Labute approximate surface area is 154 Å². The van der Waals surface area contributed by atoms with Gasteiger partial charge in [-0.25, -0.2) is 0 Å². The van der Waals surface area contributed by atoms with E-state index in [0.29, 0.717) is 17.9 Å². The first-order valence-corrected chi connectivity index (χ1v) is 9.15. The Morgan fingerprint density at radius 2 is 1.81 bits per heavy atom. The van der Waals surface area contributed by atoms with E-state index in [4.69, 9.17) is 9.47 Å². The van der Waals surface area contributed by atoms with Gasteiger partial charge in [-0.15, -0.1) is 0 Å². The van der Waals surface area contributed by atoms with Crippen LogP contribution in [-0.4, -0.2) is 50.3 Å². The number of nitrogens with zero attached hydrogens (tertiary/aromatic N) is 1. The smallest absolute Gasteiger partial charge is 0.255 e. The minimum absolute atomic E-state index is 0.0866. The van der Waals surface area contributed by atoms with Gasteiger partial charge in [0, 0.05) is 19.6 Å². The normalized spacial score (nSPS) is 16.0. The summed E-state index contributed by atoms with van der Waals surface area (Å²) in [4.78, 5) is 15.3. The Kier molecular flexibility index (Phi) is 6.63.